The number of aryl methyl sites for hydroxylation is 1. The second kappa shape index (κ2) is 7.73. The molecule has 1 rings (SSSR count). The van der Waals surface area contributed by atoms with Gasteiger partial charge in [0.1, 0.15) is 0 Å². The number of nitrogens with one attached hydrogen (secondary N) is 1. The minimum absolute atomic E-state index is 0.0541. The normalized spacial score (nSPS) is 11.9. The number of rotatable bonds is 8. The van der Waals surface area contributed by atoms with Crippen molar-refractivity contribution < 1.29 is 14.3 Å². The molecule has 7 heteroatoms. The number of ether oxygens (including phenoxy) is 1. The molecule has 106 valence electrons. The van der Waals surface area contributed by atoms with Crippen molar-refractivity contribution >= 4 is 28.3 Å². The summed E-state index contributed by atoms with van der Waals surface area (Å²) in [5.74, 6) is -0.564. The molecule has 1 unspecified atom stereocenters. The van der Waals surface area contributed by atoms with Crippen molar-refractivity contribution in [2.24, 2.45) is 5.73 Å². The number of aromatic nitrogens is 1. The molecule has 0 aromatic carbocycles. The first kappa shape index (κ1) is 15.4. The molecule has 0 aliphatic heterocycles. The highest BCUT2D eigenvalue weighted by molar-refractivity contribution is 7.13. The fraction of sp³-hybridized carbons (Fsp3) is 0.583. The Balaban J connectivity index is 2.39. The number of amides is 1. The number of primary amides is 1. The van der Waals surface area contributed by atoms with Gasteiger partial charge in [-0.3, -0.25) is 9.59 Å². The Morgan fingerprint density at radius 3 is 2.95 bits per heavy atom. The van der Waals surface area contributed by atoms with E-state index in [1.807, 2.05) is 12.3 Å². The number of anilines is 1. The lowest BCUT2D eigenvalue weighted by Crippen LogP contribution is -2.23. The molecule has 19 heavy (non-hydrogen) atoms. The number of nitrogens with two attached hydrogens (primary N) is 1. The van der Waals surface area contributed by atoms with Gasteiger partial charge in [-0.2, -0.15) is 0 Å². The van der Waals surface area contributed by atoms with Crippen molar-refractivity contribution in [2.45, 2.75) is 39.2 Å². The molecule has 1 amide bonds. The molecule has 3 N–H and O–H groups in total. The number of hydrogen-bond acceptors (Lipinski definition) is 6. The summed E-state index contributed by atoms with van der Waals surface area (Å²) in [7, 11) is 0. The Bertz CT molecular complexity index is 434. The van der Waals surface area contributed by atoms with Crippen LogP contribution in [0.5, 0.6) is 0 Å². The largest absolute Gasteiger partial charge is 0.466 e. The molecule has 1 heterocycles. The SMILES string of the molecule is CCOC(=O)CCc1csc(NC(C)CC(N)=O)n1. The summed E-state index contributed by atoms with van der Waals surface area (Å²) in [6, 6.07) is -0.0541. The van der Waals surface area contributed by atoms with Crippen LogP contribution in [0.3, 0.4) is 0 Å². The van der Waals surface area contributed by atoms with Gasteiger partial charge in [-0.05, 0) is 13.8 Å². The predicted octanol–water partition coefficient (Wildman–Crippen LogP) is 1.31. The zero-order valence-corrected chi connectivity index (χ0v) is 12.0. The van der Waals surface area contributed by atoms with E-state index in [0.717, 1.165) is 10.8 Å². The third kappa shape index (κ3) is 6.19. The maximum Gasteiger partial charge on any atom is 0.306 e. The zero-order valence-electron chi connectivity index (χ0n) is 11.1. The lowest BCUT2D eigenvalue weighted by molar-refractivity contribution is -0.143. The number of carbonyl (C=O) groups is 2. The Hall–Kier alpha value is -1.63. The van der Waals surface area contributed by atoms with Gasteiger partial charge < -0.3 is 15.8 Å². The van der Waals surface area contributed by atoms with E-state index in [-0.39, 0.29) is 24.3 Å². The van der Waals surface area contributed by atoms with E-state index in [9.17, 15) is 9.59 Å². The summed E-state index contributed by atoms with van der Waals surface area (Å²) in [6.07, 6.45) is 1.15. The predicted molar refractivity (Wildman–Crippen MR) is 74.0 cm³/mol. The Kier molecular flexibility index (Phi) is 6.27. The van der Waals surface area contributed by atoms with Crippen LogP contribution in [0.15, 0.2) is 5.38 Å². The second-order valence-electron chi connectivity index (χ2n) is 4.16. The summed E-state index contributed by atoms with van der Waals surface area (Å²) in [4.78, 5) is 26.3. The van der Waals surface area contributed by atoms with Crippen LogP contribution in [0.4, 0.5) is 5.13 Å². The number of esters is 1. The molecule has 0 saturated carbocycles. The van der Waals surface area contributed by atoms with E-state index >= 15 is 0 Å². The third-order valence-corrected chi connectivity index (χ3v) is 3.14. The maximum absolute atomic E-state index is 11.2. The van der Waals surface area contributed by atoms with Crippen LogP contribution in [0.1, 0.15) is 32.4 Å². The molecule has 0 aliphatic carbocycles. The minimum Gasteiger partial charge on any atom is -0.466 e. The molecule has 0 spiro atoms. The van der Waals surface area contributed by atoms with Crippen molar-refractivity contribution in [3.05, 3.63) is 11.1 Å². The van der Waals surface area contributed by atoms with E-state index in [0.29, 0.717) is 19.4 Å². The average Bonchev–Trinajstić information content (AvgIpc) is 2.73. The summed E-state index contributed by atoms with van der Waals surface area (Å²) in [6.45, 7) is 4.04. The van der Waals surface area contributed by atoms with Gasteiger partial charge in [0.05, 0.1) is 18.7 Å². The van der Waals surface area contributed by atoms with Crippen LogP contribution in [0, 0.1) is 0 Å². The zero-order chi connectivity index (χ0) is 14.3. The number of nitrogens with zero attached hydrogens (tertiary/aromatic N) is 1. The highest BCUT2D eigenvalue weighted by atomic mass is 32.1. The van der Waals surface area contributed by atoms with E-state index < -0.39 is 0 Å². The van der Waals surface area contributed by atoms with Crippen LogP contribution in [-0.2, 0) is 20.7 Å². The molecule has 0 saturated heterocycles. The monoisotopic (exact) mass is 285 g/mol. The van der Waals surface area contributed by atoms with E-state index in [4.69, 9.17) is 10.5 Å². The molecule has 0 bridgehead atoms. The van der Waals surface area contributed by atoms with Crippen LogP contribution in [-0.4, -0.2) is 29.5 Å². The second-order valence-corrected chi connectivity index (χ2v) is 5.02. The van der Waals surface area contributed by atoms with Crippen molar-refractivity contribution in [3.63, 3.8) is 0 Å². The first-order valence-corrected chi connectivity index (χ1v) is 7.04. The highest BCUT2D eigenvalue weighted by Gasteiger charge is 2.10. The van der Waals surface area contributed by atoms with Crippen LogP contribution in [0.25, 0.3) is 0 Å². The van der Waals surface area contributed by atoms with Gasteiger partial charge in [-0.1, -0.05) is 0 Å². The van der Waals surface area contributed by atoms with Gasteiger partial charge in [0.25, 0.3) is 0 Å². The maximum atomic E-state index is 11.2. The number of carbonyl (C=O) groups excluding carboxylic acids is 2. The molecular formula is C12H19N3O3S. The smallest absolute Gasteiger partial charge is 0.306 e. The summed E-state index contributed by atoms with van der Waals surface area (Å²) >= 11 is 1.44. The number of thiazole rings is 1. The van der Waals surface area contributed by atoms with E-state index in [2.05, 4.69) is 10.3 Å². The van der Waals surface area contributed by atoms with Crippen LogP contribution < -0.4 is 11.1 Å². The summed E-state index contributed by atoms with van der Waals surface area (Å²) in [5, 5.41) is 5.71. The van der Waals surface area contributed by atoms with Gasteiger partial charge in [-0.15, -0.1) is 11.3 Å². The molecule has 1 atom stereocenters. The molecule has 0 radical (unpaired) electrons. The Labute approximate surface area is 116 Å². The Morgan fingerprint density at radius 2 is 2.32 bits per heavy atom. The van der Waals surface area contributed by atoms with Gasteiger partial charge in [0.15, 0.2) is 5.13 Å². The molecule has 6 nitrogen and oxygen atoms in total. The van der Waals surface area contributed by atoms with Crippen LogP contribution >= 0.6 is 11.3 Å². The van der Waals surface area contributed by atoms with Crippen molar-refractivity contribution in [1.29, 1.82) is 0 Å². The topological polar surface area (TPSA) is 94.3 Å². The van der Waals surface area contributed by atoms with E-state index in [1.54, 1.807) is 6.92 Å². The van der Waals surface area contributed by atoms with Crippen LogP contribution in [0.2, 0.25) is 0 Å². The quantitative estimate of drug-likeness (QED) is 0.702. The van der Waals surface area contributed by atoms with Gasteiger partial charge >= 0.3 is 5.97 Å². The van der Waals surface area contributed by atoms with Gasteiger partial charge in [0.2, 0.25) is 5.91 Å². The standard InChI is InChI=1S/C12H19N3O3S/c1-3-18-11(17)5-4-9-7-19-12(15-9)14-8(2)6-10(13)16/h7-8H,3-6H2,1-2H3,(H2,13,16)(H,14,15). The fourth-order valence-electron chi connectivity index (χ4n) is 1.51. The molecule has 1 aromatic heterocycles. The van der Waals surface area contributed by atoms with Crippen molar-refractivity contribution in [2.75, 3.05) is 11.9 Å². The van der Waals surface area contributed by atoms with Gasteiger partial charge in [-0.25, -0.2) is 4.98 Å². The fourth-order valence-corrected chi connectivity index (χ4v) is 2.37. The molecule has 1 aromatic rings. The van der Waals surface area contributed by atoms with Crippen molar-refractivity contribution in [1.82, 2.24) is 4.98 Å². The minimum atomic E-state index is -0.348. The summed E-state index contributed by atoms with van der Waals surface area (Å²) < 4.78 is 4.85. The average molecular weight is 285 g/mol. The lowest BCUT2D eigenvalue weighted by Gasteiger charge is -2.09. The summed E-state index contributed by atoms with van der Waals surface area (Å²) in [5.41, 5.74) is 5.95. The highest BCUT2D eigenvalue weighted by Crippen LogP contribution is 2.18. The third-order valence-electron chi connectivity index (χ3n) is 2.32. The molecular weight excluding hydrogens is 266 g/mol. The first-order chi connectivity index (χ1) is 9.01. The lowest BCUT2D eigenvalue weighted by atomic mass is 10.2. The molecule has 0 fully saturated rings. The Morgan fingerprint density at radius 1 is 1.58 bits per heavy atom. The van der Waals surface area contributed by atoms with Crippen molar-refractivity contribution in [3.8, 4) is 0 Å². The first-order valence-electron chi connectivity index (χ1n) is 6.16. The van der Waals surface area contributed by atoms with Gasteiger partial charge in [0, 0.05) is 24.3 Å². The van der Waals surface area contributed by atoms with E-state index in [1.165, 1.54) is 11.3 Å². The number of hydrogen-bond donors (Lipinski definition) is 2. The molecule has 0 aliphatic rings.